The number of piperidine rings is 2. The lowest BCUT2D eigenvalue weighted by Crippen LogP contribution is -2.49. The quantitative estimate of drug-likeness (QED) is 0.655. The van der Waals surface area contributed by atoms with E-state index in [4.69, 9.17) is 14.0 Å². The van der Waals surface area contributed by atoms with E-state index in [-0.39, 0.29) is 23.4 Å². The smallest absolute Gasteiger partial charge is 0.410 e. The fraction of sp³-hybridized carbons (Fsp3) is 0.783. The van der Waals surface area contributed by atoms with Crippen molar-refractivity contribution >= 4 is 17.9 Å². The number of methoxy groups -OCH3 is 1. The average molecular weight is 436 g/mol. The van der Waals surface area contributed by atoms with Gasteiger partial charge in [0.25, 0.3) is 0 Å². The molecule has 0 radical (unpaired) electrons. The van der Waals surface area contributed by atoms with E-state index in [1.54, 1.807) is 0 Å². The van der Waals surface area contributed by atoms with E-state index in [1.807, 2.05) is 45.6 Å². The molecule has 8 heteroatoms. The minimum absolute atomic E-state index is 0.0630. The Labute approximate surface area is 185 Å². The maximum atomic E-state index is 12.3. The Balaban J connectivity index is 1.55. The summed E-state index contributed by atoms with van der Waals surface area (Å²) in [5.41, 5.74) is -0.190. The molecule has 174 valence electrons. The van der Waals surface area contributed by atoms with E-state index < -0.39 is 11.5 Å². The number of nitrogens with zero attached hydrogens (tertiary/aromatic N) is 3. The second kappa shape index (κ2) is 9.09. The molecule has 3 heterocycles. The van der Waals surface area contributed by atoms with Gasteiger partial charge in [0.05, 0.1) is 7.11 Å². The number of rotatable bonds is 4. The van der Waals surface area contributed by atoms with Gasteiger partial charge in [-0.3, -0.25) is 4.79 Å². The maximum Gasteiger partial charge on any atom is 0.410 e. The molecule has 1 unspecified atom stereocenters. The largest absolute Gasteiger partial charge is 0.468 e. The molecular formula is C23H37N3O5. The molecule has 0 aliphatic carbocycles. The van der Waals surface area contributed by atoms with Crippen molar-refractivity contribution in [3.8, 4) is 0 Å². The number of esters is 1. The number of amides is 1. The molecule has 1 aromatic heterocycles. The fourth-order valence-corrected chi connectivity index (χ4v) is 4.62. The van der Waals surface area contributed by atoms with E-state index in [9.17, 15) is 9.59 Å². The topological polar surface area (TPSA) is 85.1 Å². The van der Waals surface area contributed by atoms with Gasteiger partial charge in [0, 0.05) is 32.2 Å². The zero-order chi connectivity index (χ0) is 22.8. The predicted molar refractivity (Wildman–Crippen MR) is 117 cm³/mol. The molecule has 1 amide bonds. The number of ether oxygens (including phenoxy) is 2. The van der Waals surface area contributed by atoms with Crippen LogP contribution in [0.4, 0.5) is 10.6 Å². The Kier molecular flexibility index (Phi) is 6.86. The highest BCUT2D eigenvalue weighted by molar-refractivity contribution is 5.77. The van der Waals surface area contributed by atoms with Crippen LogP contribution >= 0.6 is 0 Å². The van der Waals surface area contributed by atoms with Crippen molar-refractivity contribution in [3.63, 3.8) is 0 Å². The summed E-state index contributed by atoms with van der Waals surface area (Å²) >= 11 is 0. The van der Waals surface area contributed by atoms with E-state index in [1.165, 1.54) is 7.11 Å². The Morgan fingerprint density at radius 3 is 2.19 bits per heavy atom. The SMILES string of the molecule is COC(=O)C(c1cc(N2CCC3(CCN(C(=O)OC(C)(C)C)CC3)CC2)no1)C(C)C. The summed E-state index contributed by atoms with van der Waals surface area (Å²) in [6, 6.07) is 1.88. The fourth-order valence-electron chi connectivity index (χ4n) is 4.62. The number of carbonyl (C=O) groups excluding carboxylic acids is 2. The third kappa shape index (κ3) is 5.52. The minimum Gasteiger partial charge on any atom is -0.468 e. The minimum atomic E-state index is -0.462. The normalized spacial score (nSPS) is 20.1. The number of hydrogen-bond donors (Lipinski definition) is 0. The molecule has 1 aromatic rings. The molecule has 2 fully saturated rings. The Bertz CT molecular complexity index is 764. The van der Waals surface area contributed by atoms with Gasteiger partial charge >= 0.3 is 12.1 Å². The molecule has 0 N–H and O–H groups in total. The van der Waals surface area contributed by atoms with Crippen LogP contribution in [0.3, 0.4) is 0 Å². The van der Waals surface area contributed by atoms with Crippen molar-refractivity contribution < 1.29 is 23.6 Å². The van der Waals surface area contributed by atoms with Crippen LogP contribution in [0.1, 0.15) is 72.0 Å². The van der Waals surface area contributed by atoms with E-state index in [0.717, 1.165) is 57.7 Å². The van der Waals surface area contributed by atoms with Crippen LogP contribution in [0.25, 0.3) is 0 Å². The van der Waals surface area contributed by atoms with Crippen LogP contribution in [-0.4, -0.2) is 61.0 Å². The first-order valence-electron chi connectivity index (χ1n) is 11.3. The summed E-state index contributed by atoms with van der Waals surface area (Å²) in [5, 5.41) is 4.24. The lowest BCUT2D eigenvalue weighted by atomic mass is 9.71. The summed E-state index contributed by atoms with van der Waals surface area (Å²) in [7, 11) is 1.40. The van der Waals surface area contributed by atoms with Gasteiger partial charge in [-0.05, 0) is 57.8 Å². The third-order valence-electron chi connectivity index (χ3n) is 6.57. The molecule has 8 nitrogen and oxygen atoms in total. The third-order valence-corrected chi connectivity index (χ3v) is 6.57. The first-order valence-corrected chi connectivity index (χ1v) is 11.3. The molecule has 0 bridgehead atoms. The van der Waals surface area contributed by atoms with Crippen LogP contribution < -0.4 is 4.90 Å². The molecule has 1 atom stereocenters. The van der Waals surface area contributed by atoms with Crippen LogP contribution in [0, 0.1) is 11.3 Å². The molecule has 3 rings (SSSR count). The van der Waals surface area contributed by atoms with Gasteiger partial charge in [0.1, 0.15) is 11.5 Å². The van der Waals surface area contributed by atoms with Gasteiger partial charge in [-0.25, -0.2) is 4.79 Å². The first-order chi connectivity index (χ1) is 14.5. The highest BCUT2D eigenvalue weighted by Gasteiger charge is 2.40. The van der Waals surface area contributed by atoms with Crippen molar-refractivity contribution in [2.45, 2.75) is 71.8 Å². The highest BCUT2D eigenvalue weighted by atomic mass is 16.6. The number of aromatic nitrogens is 1. The molecule has 2 aliphatic rings. The number of carbonyl (C=O) groups is 2. The first kappa shape index (κ1) is 23.4. The van der Waals surface area contributed by atoms with Gasteiger partial charge in [-0.1, -0.05) is 19.0 Å². The van der Waals surface area contributed by atoms with Gasteiger partial charge in [-0.2, -0.15) is 0 Å². The van der Waals surface area contributed by atoms with Gasteiger partial charge in [0.15, 0.2) is 11.6 Å². The Hall–Kier alpha value is -2.25. The van der Waals surface area contributed by atoms with Crippen LogP contribution in [0.15, 0.2) is 10.6 Å². The van der Waals surface area contributed by atoms with Crippen molar-refractivity contribution in [2.24, 2.45) is 11.3 Å². The highest BCUT2D eigenvalue weighted by Crippen LogP contribution is 2.42. The summed E-state index contributed by atoms with van der Waals surface area (Å²) in [5.74, 6) is 0.660. The van der Waals surface area contributed by atoms with Crippen molar-refractivity contribution in [1.29, 1.82) is 0 Å². The molecule has 31 heavy (non-hydrogen) atoms. The van der Waals surface area contributed by atoms with Gasteiger partial charge < -0.3 is 23.8 Å². The van der Waals surface area contributed by atoms with Crippen LogP contribution in [-0.2, 0) is 14.3 Å². The van der Waals surface area contributed by atoms with E-state index in [2.05, 4.69) is 10.1 Å². The zero-order valence-corrected chi connectivity index (χ0v) is 19.8. The number of likely N-dealkylation sites (tertiary alicyclic amines) is 1. The summed E-state index contributed by atoms with van der Waals surface area (Å²) in [4.78, 5) is 28.5. The average Bonchev–Trinajstić information content (AvgIpc) is 3.17. The standard InChI is InChI=1S/C23H37N3O5/c1-16(2)19(20(27)29-6)17-15-18(24-31-17)25-11-7-23(8-12-25)9-13-26(14-10-23)21(28)30-22(3,4)5/h15-16,19H,7-14H2,1-6H3. The second-order valence-corrected chi connectivity index (χ2v) is 10.3. The van der Waals surface area contributed by atoms with E-state index >= 15 is 0 Å². The van der Waals surface area contributed by atoms with Gasteiger partial charge in [0.2, 0.25) is 0 Å². The molecule has 2 saturated heterocycles. The number of hydrogen-bond acceptors (Lipinski definition) is 7. The van der Waals surface area contributed by atoms with Crippen LogP contribution in [0.2, 0.25) is 0 Å². The van der Waals surface area contributed by atoms with Crippen molar-refractivity contribution in [2.75, 3.05) is 38.2 Å². The molecule has 2 aliphatic heterocycles. The lowest BCUT2D eigenvalue weighted by molar-refractivity contribution is -0.144. The van der Waals surface area contributed by atoms with Crippen LogP contribution in [0.5, 0.6) is 0 Å². The lowest BCUT2D eigenvalue weighted by Gasteiger charge is -2.46. The Morgan fingerprint density at radius 2 is 1.68 bits per heavy atom. The molecular weight excluding hydrogens is 398 g/mol. The van der Waals surface area contributed by atoms with Crippen molar-refractivity contribution in [1.82, 2.24) is 10.1 Å². The summed E-state index contributed by atoms with van der Waals surface area (Å²) in [6.45, 7) is 12.9. The summed E-state index contributed by atoms with van der Waals surface area (Å²) < 4.78 is 16.0. The molecule has 0 saturated carbocycles. The molecule has 1 spiro atoms. The molecule has 0 aromatic carbocycles. The maximum absolute atomic E-state index is 12.3. The second-order valence-electron chi connectivity index (χ2n) is 10.3. The zero-order valence-electron chi connectivity index (χ0n) is 19.8. The Morgan fingerprint density at radius 1 is 1.10 bits per heavy atom. The van der Waals surface area contributed by atoms with Crippen molar-refractivity contribution in [3.05, 3.63) is 11.8 Å². The summed E-state index contributed by atoms with van der Waals surface area (Å²) in [6.07, 6.45) is 3.91. The predicted octanol–water partition coefficient (Wildman–Crippen LogP) is 4.20. The van der Waals surface area contributed by atoms with Gasteiger partial charge in [-0.15, -0.1) is 0 Å². The van der Waals surface area contributed by atoms with E-state index in [0.29, 0.717) is 5.76 Å². The number of anilines is 1. The monoisotopic (exact) mass is 435 g/mol.